The first-order valence-corrected chi connectivity index (χ1v) is 5.15. The summed E-state index contributed by atoms with van der Waals surface area (Å²) in [4.78, 5) is 24.8. The van der Waals surface area contributed by atoms with Crippen LogP contribution in [0.4, 0.5) is 0 Å². The van der Waals surface area contributed by atoms with Gasteiger partial charge in [0.25, 0.3) is 5.56 Å². The molecule has 1 aromatic carbocycles. The van der Waals surface area contributed by atoms with E-state index in [1.807, 2.05) is 0 Å². The van der Waals surface area contributed by atoms with Crippen molar-refractivity contribution in [1.82, 2.24) is 4.98 Å². The van der Waals surface area contributed by atoms with E-state index in [1.165, 1.54) is 0 Å². The second-order valence-corrected chi connectivity index (χ2v) is 3.68. The summed E-state index contributed by atoms with van der Waals surface area (Å²) >= 11 is 0. The van der Waals surface area contributed by atoms with Gasteiger partial charge in [-0.15, -0.1) is 0 Å². The Morgan fingerprint density at radius 2 is 2.06 bits per heavy atom. The van der Waals surface area contributed by atoms with Crippen molar-refractivity contribution in [3.8, 4) is 11.1 Å². The van der Waals surface area contributed by atoms with Crippen LogP contribution in [0.15, 0.2) is 47.4 Å². The van der Waals surface area contributed by atoms with Gasteiger partial charge in [0, 0.05) is 11.8 Å². The fourth-order valence-electron chi connectivity index (χ4n) is 1.67. The Labute approximate surface area is 97.6 Å². The monoisotopic (exact) mass is 229 g/mol. The maximum absolute atomic E-state index is 11.6. The standard InChI is InChI=1S/C13H11NO3/c15-12(16)8-9-3-1-4-10(7-9)11-5-2-6-14-13(11)17/h1-7H,8H2,(H,14,17)(H,15,16). The minimum atomic E-state index is -0.885. The number of hydrogen-bond donors (Lipinski definition) is 2. The molecule has 4 heteroatoms. The second-order valence-electron chi connectivity index (χ2n) is 3.68. The van der Waals surface area contributed by atoms with E-state index >= 15 is 0 Å². The number of H-pyrrole nitrogens is 1. The Kier molecular flexibility index (Phi) is 3.05. The van der Waals surface area contributed by atoms with Crippen molar-refractivity contribution in [2.24, 2.45) is 0 Å². The number of carbonyl (C=O) groups is 1. The van der Waals surface area contributed by atoms with E-state index in [4.69, 9.17) is 5.11 Å². The Morgan fingerprint density at radius 3 is 2.76 bits per heavy atom. The average molecular weight is 229 g/mol. The molecule has 0 amide bonds. The highest BCUT2D eigenvalue weighted by atomic mass is 16.4. The topological polar surface area (TPSA) is 70.2 Å². The number of carboxylic acid groups (broad SMARTS) is 1. The molecule has 2 rings (SSSR count). The summed E-state index contributed by atoms with van der Waals surface area (Å²) in [6.07, 6.45) is 1.52. The zero-order chi connectivity index (χ0) is 12.3. The minimum Gasteiger partial charge on any atom is -0.481 e. The van der Waals surface area contributed by atoms with Gasteiger partial charge in [0.2, 0.25) is 0 Å². The van der Waals surface area contributed by atoms with E-state index in [0.717, 1.165) is 5.56 Å². The SMILES string of the molecule is O=C(O)Cc1cccc(-c2ccc[nH]c2=O)c1. The number of aromatic amines is 1. The largest absolute Gasteiger partial charge is 0.481 e. The highest BCUT2D eigenvalue weighted by molar-refractivity contribution is 5.72. The lowest BCUT2D eigenvalue weighted by molar-refractivity contribution is -0.136. The summed E-state index contributed by atoms with van der Waals surface area (Å²) in [5.74, 6) is -0.885. The summed E-state index contributed by atoms with van der Waals surface area (Å²) in [6.45, 7) is 0. The van der Waals surface area contributed by atoms with Crippen LogP contribution in [0.1, 0.15) is 5.56 Å². The molecule has 1 heterocycles. The van der Waals surface area contributed by atoms with Gasteiger partial charge in [0.15, 0.2) is 0 Å². The molecule has 0 aliphatic rings. The minimum absolute atomic E-state index is 0.0431. The number of hydrogen-bond acceptors (Lipinski definition) is 2. The zero-order valence-corrected chi connectivity index (χ0v) is 9.01. The first-order valence-electron chi connectivity index (χ1n) is 5.15. The molecule has 17 heavy (non-hydrogen) atoms. The maximum atomic E-state index is 11.6. The van der Waals surface area contributed by atoms with Crippen molar-refractivity contribution < 1.29 is 9.90 Å². The van der Waals surface area contributed by atoms with Crippen LogP contribution < -0.4 is 5.56 Å². The van der Waals surface area contributed by atoms with Gasteiger partial charge in [-0.3, -0.25) is 9.59 Å². The molecule has 0 radical (unpaired) electrons. The number of aromatic nitrogens is 1. The molecule has 0 saturated heterocycles. The van der Waals surface area contributed by atoms with Gasteiger partial charge in [-0.05, 0) is 23.3 Å². The first-order chi connectivity index (χ1) is 8.16. The molecule has 1 aromatic heterocycles. The Morgan fingerprint density at radius 1 is 1.24 bits per heavy atom. The molecule has 0 bridgehead atoms. The molecule has 0 aliphatic carbocycles. The van der Waals surface area contributed by atoms with Crippen molar-refractivity contribution in [3.63, 3.8) is 0 Å². The highest BCUT2D eigenvalue weighted by Crippen LogP contribution is 2.16. The van der Waals surface area contributed by atoms with Crippen LogP contribution in [0.2, 0.25) is 0 Å². The van der Waals surface area contributed by atoms with Gasteiger partial charge in [0.05, 0.1) is 6.42 Å². The number of rotatable bonds is 3. The Hall–Kier alpha value is -2.36. The fourth-order valence-corrected chi connectivity index (χ4v) is 1.67. The summed E-state index contributed by atoms with van der Waals surface area (Å²) in [5.41, 5.74) is 1.77. The van der Waals surface area contributed by atoms with Crippen LogP contribution in [0.5, 0.6) is 0 Å². The molecule has 4 nitrogen and oxygen atoms in total. The van der Waals surface area contributed by atoms with E-state index < -0.39 is 5.97 Å². The maximum Gasteiger partial charge on any atom is 0.307 e. The molecule has 0 fully saturated rings. The lowest BCUT2D eigenvalue weighted by Crippen LogP contribution is -2.07. The van der Waals surface area contributed by atoms with Crippen molar-refractivity contribution in [3.05, 3.63) is 58.5 Å². The number of nitrogens with one attached hydrogen (secondary N) is 1. The summed E-state index contributed by atoms with van der Waals surface area (Å²) in [6, 6.07) is 10.4. The third-order valence-corrected chi connectivity index (χ3v) is 2.41. The van der Waals surface area contributed by atoms with Crippen LogP contribution in [-0.4, -0.2) is 16.1 Å². The molecule has 0 saturated carbocycles. The molecule has 0 atom stereocenters. The van der Waals surface area contributed by atoms with Crippen LogP contribution >= 0.6 is 0 Å². The van der Waals surface area contributed by atoms with Crippen LogP contribution in [-0.2, 0) is 11.2 Å². The van der Waals surface area contributed by atoms with Gasteiger partial charge in [-0.1, -0.05) is 24.3 Å². The average Bonchev–Trinajstić information content (AvgIpc) is 2.29. The molecular weight excluding hydrogens is 218 g/mol. The molecule has 0 spiro atoms. The van der Waals surface area contributed by atoms with E-state index in [-0.39, 0.29) is 12.0 Å². The Bertz CT molecular complexity index is 601. The van der Waals surface area contributed by atoms with Crippen LogP contribution in [0.25, 0.3) is 11.1 Å². The lowest BCUT2D eigenvalue weighted by atomic mass is 10.0. The summed E-state index contributed by atoms with van der Waals surface area (Å²) in [5, 5.41) is 8.72. The van der Waals surface area contributed by atoms with Gasteiger partial charge in [-0.2, -0.15) is 0 Å². The van der Waals surface area contributed by atoms with Crippen molar-refractivity contribution in [2.75, 3.05) is 0 Å². The van der Waals surface area contributed by atoms with Gasteiger partial charge in [-0.25, -0.2) is 0 Å². The normalized spacial score (nSPS) is 10.1. The van der Waals surface area contributed by atoms with Crippen LogP contribution in [0, 0.1) is 0 Å². The zero-order valence-electron chi connectivity index (χ0n) is 9.01. The molecule has 86 valence electrons. The van der Waals surface area contributed by atoms with E-state index in [9.17, 15) is 9.59 Å². The molecule has 0 aliphatic heterocycles. The van der Waals surface area contributed by atoms with Crippen molar-refractivity contribution >= 4 is 5.97 Å². The van der Waals surface area contributed by atoms with Crippen LogP contribution in [0.3, 0.4) is 0 Å². The number of benzene rings is 1. The van der Waals surface area contributed by atoms with Gasteiger partial charge in [0.1, 0.15) is 0 Å². The highest BCUT2D eigenvalue weighted by Gasteiger charge is 2.05. The van der Waals surface area contributed by atoms with E-state index in [2.05, 4.69) is 4.98 Å². The van der Waals surface area contributed by atoms with E-state index in [0.29, 0.717) is 11.1 Å². The predicted octanol–water partition coefficient (Wildman–Crippen LogP) is 1.67. The number of carboxylic acids is 1. The first kappa shape index (κ1) is 11.1. The lowest BCUT2D eigenvalue weighted by Gasteiger charge is -2.02. The number of aliphatic carboxylic acids is 1. The molecule has 2 N–H and O–H groups in total. The van der Waals surface area contributed by atoms with Gasteiger partial charge < -0.3 is 10.1 Å². The predicted molar refractivity (Wildman–Crippen MR) is 63.8 cm³/mol. The smallest absolute Gasteiger partial charge is 0.307 e. The van der Waals surface area contributed by atoms with E-state index in [1.54, 1.807) is 42.6 Å². The summed E-state index contributed by atoms with van der Waals surface area (Å²) < 4.78 is 0. The molecule has 0 unspecified atom stereocenters. The van der Waals surface area contributed by atoms with Crippen molar-refractivity contribution in [2.45, 2.75) is 6.42 Å². The van der Waals surface area contributed by atoms with Gasteiger partial charge >= 0.3 is 5.97 Å². The number of pyridine rings is 1. The van der Waals surface area contributed by atoms with Crippen molar-refractivity contribution in [1.29, 1.82) is 0 Å². The third kappa shape index (κ3) is 2.60. The molecular formula is C13H11NO3. The Balaban J connectivity index is 2.43. The summed E-state index contributed by atoms with van der Waals surface area (Å²) in [7, 11) is 0. The molecule has 2 aromatic rings. The second kappa shape index (κ2) is 4.65. The third-order valence-electron chi connectivity index (χ3n) is 2.41. The quantitative estimate of drug-likeness (QED) is 0.841. The fraction of sp³-hybridized carbons (Fsp3) is 0.0769.